The Morgan fingerprint density at radius 2 is 2.14 bits per heavy atom. The monoisotopic (exact) mass is 206 g/mol. The Bertz CT molecular complexity index is 375. The number of nitriles is 1. The predicted molar refractivity (Wildman–Crippen MR) is 55.2 cm³/mol. The third-order valence-corrected chi connectivity index (χ3v) is 3.11. The Morgan fingerprint density at radius 3 is 2.79 bits per heavy atom. The molecule has 1 heterocycles. The molecule has 0 aromatic carbocycles. The molecule has 72 valence electrons. The van der Waals surface area contributed by atoms with Gasteiger partial charge in [-0.15, -0.1) is 0 Å². The molecule has 0 N–H and O–H groups in total. The van der Waals surface area contributed by atoms with E-state index in [1.165, 1.54) is 31.2 Å². The number of hydrogen-bond donors (Lipinski definition) is 0. The Balaban J connectivity index is 2.31. The van der Waals surface area contributed by atoms with E-state index in [1.54, 1.807) is 6.20 Å². The quantitative estimate of drug-likeness (QED) is 0.662. The zero-order valence-electron chi connectivity index (χ0n) is 7.83. The largest absolute Gasteiger partial charge is 0.243 e. The van der Waals surface area contributed by atoms with Gasteiger partial charge in [0.1, 0.15) is 11.2 Å². The second-order valence-electron chi connectivity index (χ2n) is 3.70. The summed E-state index contributed by atoms with van der Waals surface area (Å²) in [6.07, 6.45) is 6.81. The fraction of sp³-hybridized carbons (Fsp3) is 0.455. The van der Waals surface area contributed by atoms with Crippen molar-refractivity contribution in [2.45, 2.75) is 31.6 Å². The minimum Gasteiger partial charge on any atom is -0.243 e. The summed E-state index contributed by atoms with van der Waals surface area (Å²) >= 11 is 5.77. The van der Waals surface area contributed by atoms with Gasteiger partial charge < -0.3 is 0 Å². The summed E-state index contributed by atoms with van der Waals surface area (Å²) in [4.78, 5) is 4.04. The van der Waals surface area contributed by atoms with E-state index in [9.17, 15) is 0 Å². The highest BCUT2D eigenvalue weighted by molar-refractivity contribution is 6.30. The first-order valence-corrected chi connectivity index (χ1v) is 5.24. The summed E-state index contributed by atoms with van der Waals surface area (Å²) in [7, 11) is 0. The van der Waals surface area contributed by atoms with Crippen molar-refractivity contribution in [2.75, 3.05) is 0 Å². The van der Waals surface area contributed by atoms with Gasteiger partial charge in [0, 0.05) is 6.20 Å². The summed E-state index contributed by atoms with van der Waals surface area (Å²) in [6, 6.07) is 3.94. The van der Waals surface area contributed by atoms with E-state index in [0.717, 1.165) is 0 Å². The molecule has 1 fully saturated rings. The van der Waals surface area contributed by atoms with Crippen LogP contribution < -0.4 is 0 Å². The maximum atomic E-state index is 8.81. The average molecular weight is 207 g/mol. The van der Waals surface area contributed by atoms with Crippen LogP contribution in [0.15, 0.2) is 12.3 Å². The van der Waals surface area contributed by atoms with Gasteiger partial charge in [-0.2, -0.15) is 5.26 Å². The minimum atomic E-state index is 0.314. The van der Waals surface area contributed by atoms with Gasteiger partial charge >= 0.3 is 0 Å². The molecule has 2 rings (SSSR count). The van der Waals surface area contributed by atoms with Gasteiger partial charge in [-0.3, -0.25) is 0 Å². The Kier molecular flexibility index (Phi) is 2.69. The van der Waals surface area contributed by atoms with Gasteiger partial charge in [0.2, 0.25) is 0 Å². The van der Waals surface area contributed by atoms with E-state index in [1.807, 2.05) is 6.07 Å². The lowest BCUT2D eigenvalue weighted by Crippen LogP contribution is -1.95. The second kappa shape index (κ2) is 3.98. The standard InChI is InChI=1S/C11H11ClN2/c12-11-9(6-13)5-10(7-14-11)8-3-1-2-4-8/h5,7-8H,1-4H2. The highest BCUT2D eigenvalue weighted by Crippen LogP contribution is 2.34. The lowest BCUT2D eigenvalue weighted by Gasteiger charge is -2.08. The molecule has 0 amide bonds. The average Bonchev–Trinajstić information content (AvgIpc) is 2.71. The molecule has 14 heavy (non-hydrogen) atoms. The minimum absolute atomic E-state index is 0.314. The summed E-state index contributed by atoms with van der Waals surface area (Å²) in [5.74, 6) is 0.590. The number of aromatic nitrogens is 1. The molecule has 1 aromatic rings. The molecule has 0 aliphatic heterocycles. The van der Waals surface area contributed by atoms with Crippen LogP contribution in [0.3, 0.4) is 0 Å². The van der Waals surface area contributed by atoms with Gasteiger partial charge in [-0.1, -0.05) is 24.4 Å². The zero-order chi connectivity index (χ0) is 9.97. The van der Waals surface area contributed by atoms with Gasteiger partial charge in [0.25, 0.3) is 0 Å². The number of nitrogens with zero attached hydrogens (tertiary/aromatic N) is 2. The molecule has 1 saturated carbocycles. The molecule has 0 radical (unpaired) electrons. The lowest BCUT2D eigenvalue weighted by atomic mass is 9.98. The molecule has 0 saturated heterocycles. The maximum Gasteiger partial charge on any atom is 0.146 e. The van der Waals surface area contributed by atoms with Crippen molar-refractivity contribution in [3.8, 4) is 6.07 Å². The number of hydrogen-bond acceptors (Lipinski definition) is 2. The van der Waals surface area contributed by atoms with Crippen LogP contribution in [0.1, 0.15) is 42.7 Å². The fourth-order valence-electron chi connectivity index (χ4n) is 2.03. The molecule has 1 aliphatic carbocycles. The van der Waals surface area contributed by atoms with Gasteiger partial charge in [-0.25, -0.2) is 4.98 Å². The third-order valence-electron chi connectivity index (χ3n) is 2.81. The fourth-order valence-corrected chi connectivity index (χ4v) is 2.17. The topological polar surface area (TPSA) is 36.7 Å². The van der Waals surface area contributed by atoms with Gasteiger partial charge in [0.05, 0.1) is 5.56 Å². The van der Waals surface area contributed by atoms with Crippen LogP contribution in [-0.4, -0.2) is 4.98 Å². The van der Waals surface area contributed by atoms with E-state index in [0.29, 0.717) is 16.6 Å². The number of rotatable bonds is 1. The van der Waals surface area contributed by atoms with Crippen LogP contribution in [0.4, 0.5) is 0 Å². The van der Waals surface area contributed by atoms with Crippen molar-refractivity contribution in [1.29, 1.82) is 5.26 Å². The molecule has 0 spiro atoms. The summed E-state index contributed by atoms with van der Waals surface area (Å²) in [5, 5.41) is 9.13. The third kappa shape index (κ3) is 1.73. The molecule has 3 heteroatoms. The van der Waals surface area contributed by atoms with Crippen molar-refractivity contribution in [3.63, 3.8) is 0 Å². The van der Waals surface area contributed by atoms with Crippen LogP contribution in [0, 0.1) is 11.3 Å². The molecule has 1 aromatic heterocycles. The predicted octanol–water partition coefficient (Wildman–Crippen LogP) is 3.26. The smallest absolute Gasteiger partial charge is 0.146 e. The van der Waals surface area contributed by atoms with Crippen molar-refractivity contribution in [3.05, 3.63) is 28.5 Å². The van der Waals surface area contributed by atoms with Crippen molar-refractivity contribution in [2.24, 2.45) is 0 Å². The highest BCUT2D eigenvalue weighted by Gasteiger charge is 2.18. The van der Waals surface area contributed by atoms with Crippen molar-refractivity contribution in [1.82, 2.24) is 4.98 Å². The van der Waals surface area contributed by atoms with E-state index < -0.39 is 0 Å². The van der Waals surface area contributed by atoms with Crippen molar-refractivity contribution < 1.29 is 0 Å². The summed E-state index contributed by atoms with van der Waals surface area (Å²) < 4.78 is 0. The van der Waals surface area contributed by atoms with E-state index in [2.05, 4.69) is 11.1 Å². The zero-order valence-corrected chi connectivity index (χ0v) is 8.59. The first-order valence-electron chi connectivity index (χ1n) is 4.87. The van der Waals surface area contributed by atoms with Crippen LogP contribution >= 0.6 is 11.6 Å². The maximum absolute atomic E-state index is 8.81. The number of halogens is 1. The first kappa shape index (κ1) is 9.48. The van der Waals surface area contributed by atoms with Crippen LogP contribution in [0.2, 0.25) is 5.15 Å². The molecule has 0 unspecified atom stereocenters. The summed E-state index contributed by atoms with van der Waals surface area (Å²) in [5.41, 5.74) is 1.67. The molecular formula is C11H11ClN2. The van der Waals surface area contributed by atoms with Crippen LogP contribution in [0.25, 0.3) is 0 Å². The van der Waals surface area contributed by atoms with Crippen LogP contribution in [-0.2, 0) is 0 Å². The SMILES string of the molecule is N#Cc1cc(C2CCCC2)cnc1Cl. The Labute approximate surface area is 88.5 Å². The van der Waals surface area contributed by atoms with Crippen molar-refractivity contribution >= 4 is 11.6 Å². The molecule has 0 atom stereocenters. The number of pyridine rings is 1. The van der Waals surface area contributed by atoms with Gasteiger partial charge in [-0.05, 0) is 30.4 Å². The molecule has 0 bridgehead atoms. The first-order chi connectivity index (χ1) is 6.81. The van der Waals surface area contributed by atoms with E-state index in [-0.39, 0.29) is 0 Å². The van der Waals surface area contributed by atoms with E-state index in [4.69, 9.17) is 16.9 Å². The lowest BCUT2D eigenvalue weighted by molar-refractivity contribution is 0.719. The molecular weight excluding hydrogens is 196 g/mol. The second-order valence-corrected chi connectivity index (χ2v) is 4.06. The highest BCUT2D eigenvalue weighted by atomic mass is 35.5. The van der Waals surface area contributed by atoms with E-state index >= 15 is 0 Å². The van der Waals surface area contributed by atoms with Gasteiger partial charge in [0.15, 0.2) is 0 Å². The molecule has 1 aliphatic rings. The molecule has 2 nitrogen and oxygen atoms in total. The Hall–Kier alpha value is -1.07. The Morgan fingerprint density at radius 1 is 1.43 bits per heavy atom. The van der Waals surface area contributed by atoms with Crippen LogP contribution in [0.5, 0.6) is 0 Å². The normalized spacial score (nSPS) is 16.9. The summed E-state index contributed by atoms with van der Waals surface area (Å²) in [6.45, 7) is 0.